The fraction of sp³-hybridized carbons (Fsp3) is 0.333. The van der Waals surface area contributed by atoms with Gasteiger partial charge in [0, 0.05) is 50.4 Å². The van der Waals surface area contributed by atoms with Gasteiger partial charge in [-0.2, -0.15) is 0 Å². The van der Waals surface area contributed by atoms with Crippen molar-refractivity contribution in [2.24, 2.45) is 0 Å². The van der Waals surface area contributed by atoms with Crippen molar-refractivity contribution in [2.75, 3.05) is 42.9 Å². The number of benzene rings is 2. The average Bonchev–Trinajstić information content (AvgIpc) is 3.09. The highest BCUT2D eigenvalue weighted by molar-refractivity contribution is 6.31. The van der Waals surface area contributed by atoms with E-state index >= 15 is 0 Å². The number of nitrogens with zero attached hydrogens (tertiary/aromatic N) is 2. The Labute approximate surface area is 172 Å². The minimum Gasteiger partial charge on any atom is -0.376 e. The molecule has 2 aliphatic rings. The Morgan fingerprint density at radius 2 is 1.66 bits per heavy atom. The van der Waals surface area contributed by atoms with Gasteiger partial charge in [-0.15, -0.1) is 0 Å². The zero-order chi connectivity index (χ0) is 20.5. The lowest BCUT2D eigenvalue weighted by atomic mass is 10.1. The average molecular weight is 420 g/mol. The fourth-order valence-corrected chi connectivity index (χ4v) is 3.90. The summed E-state index contributed by atoms with van der Waals surface area (Å²) in [4.78, 5) is 27.6. The maximum absolute atomic E-state index is 13.7. The Morgan fingerprint density at radius 3 is 2.34 bits per heavy atom. The number of rotatable bonds is 4. The van der Waals surface area contributed by atoms with E-state index in [1.54, 1.807) is 4.90 Å². The van der Waals surface area contributed by atoms with Crippen molar-refractivity contribution in [1.29, 1.82) is 0 Å². The Hall–Kier alpha value is -2.67. The van der Waals surface area contributed by atoms with Crippen LogP contribution >= 0.6 is 11.6 Å². The molecule has 4 rings (SSSR count). The molecule has 1 saturated heterocycles. The minimum absolute atomic E-state index is 0.0466. The van der Waals surface area contributed by atoms with E-state index in [9.17, 15) is 18.4 Å². The first-order valence-corrected chi connectivity index (χ1v) is 9.83. The number of anilines is 2. The van der Waals surface area contributed by atoms with Gasteiger partial charge < -0.3 is 15.1 Å². The standard InChI is InChI=1S/C21H20ClF2N3O2/c22-21-18(23)10-16(11-19(21)24)26-3-5-27(6-4-26)20(29)12-25-15-2-1-13-8-17(28)9-14(13)7-15/h1-2,7,10-11,25H,3-6,8-9,12H2. The molecule has 0 saturated carbocycles. The number of piperazine rings is 1. The van der Waals surface area contributed by atoms with Crippen LogP contribution in [0.5, 0.6) is 0 Å². The summed E-state index contributed by atoms with van der Waals surface area (Å²) in [6, 6.07) is 8.16. The molecule has 8 heteroatoms. The number of carbonyl (C=O) groups excluding carboxylic acids is 2. The molecular weight excluding hydrogens is 400 g/mol. The molecule has 0 bridgehead atoms. The predicted molar refractivity (Wildman–Crippen MR) is 108 cm³/mol. The van der Waals surface area contributed by atoms with Gasteiger partial charge in [0.15, 0.2) is 0 Å². The zero-order valence-electron chi connectivity index (χ0n) is 15.7. The maximum atomic E-state index is 13.7. The fourth-order valence-electron chi connectivity index (χ4n) is 3.79. The van der Waals surface area contributed by atoms with Crippen LogP contribution in [0.15, 0.2) is 30.3 Å². The summed E-state index contributed by atoms with van der Waals surface area (Å²) in [5.74, 6) is -1.41. The monoisotopic (exact) mass is 419 g/mol. The third-order valence-electron chi connectivity index (χ3n) is 5.39. The van der Waals surface area contributed by atoms with Crippen molar-refractivity contribution in [3.05, 3.63) is 58.1 Å². The summed E-state index contributed by atoms with van der Waals surface area (Å²) in [6.07, 6.45) is 0.937. The number of amides is 1. The first kappa shape index (κ1) is 19.6. The summed E-state index contributed by atoms with van der Waals surface area (Å²) in [5.41, 5.74) is 3.31. The molecule has 1 fully saturated rings. The minimum atomic E-state index is -0.791. The number of halogens is 3. The van der Waals surface area contributed by atoms with Gasteiger partial charge in [-0.1, -0.05) is 17.7 Å². The van der Waals surface area contributed by atoms with Crippen LogP contribution in [0, 0.1) is 11.6 Å². The van der Waals surface area contributed by atoms with E-state index < -0.39 is 16.7 Å². The molecule has 2 aromatic carbocycles. The Morgan fingerprint density at radius 1 is 1.00 bits per heavy atom. The number of hydrogen-bond acceptors (Lipinski definition) is 4. The molecule has 1 aliphatic heterocycles. The normalized spacial score (nSPS) is 16.2. The topological polar surface area (TPSA) is 52.7 Å². The molecule has 5 nitrogen and oxygen atoms in total. The second kappa shape index (κ2) is 7.99. The van der Waals surface area contributed by atoms with Crippen LogP contribution in [0.3, 0.4) is 0 Å². The molecule has 29 heavy (non-hydrogen) atoms. The van der Waals surface area contributed by atoms with Crippen molar-refractivity contribution in [3.8, 4) is 0 Å². The molecule has 0 unspecified atom stereocenters. The molecule has 152 valence electrons. The van der Waals surface area contributed by atoms with Gasteiger partial charge in [0.1, 0.15) is 22.4 Å². The van der Waals surface area contributed by atoms with Gasteiger partial charge in [-0.05, 0) is 35.4 Å². The highest BCUT2D eigenvalue weighted by Crippen LogP contribution is 2.26. The van der Waals surface area contributed by atoms with E-state index in [0.29, 0.717) is 44.7 Å². The van der Waals surface area contributed by atoms with Crippen LogP contribution in [-0.2, 0) is 22.4 Å². The van der Waals surface area contributed by atoms with Gasteiger partial charge in [0.2, 0.25) is 5.91 Å². The molecule has 1 heterocycles. The highest BCUT2D eigenvalue weighted by atomic mass is 35.5. The Balaban J connectivity index is 1.30. The van der Waals surface area contributed by atoms with Crippen LogP contribution in [0.1, 0.15) is 11.1 Å². The van der Waals surface area contributed by atoms with Crippen molar-refractivity contribution in [2.45, 2.75) is 12.8 Å². The zero-order valence-corrected chi connectivity index (χ0v) is 16.4. The third kappa shape index (κ3) is 4.19. The van der Waals surface area contributed by atoms with E-state index in [-0.39, 0.29) is 18.2 Å². The molecule has 0 atom stereocenters. The largest absolute Gasteiger partial charge is 0.376 e. The molecule has 1 aliphatic carbocycles. The molecule has 0 aromatic heterocycles. The first-order chi connectivity index (χ1) is 13.9. The van der Waals surface area contributed by atoms with Gasteiger partial charge >= 0.3 is 0 Å². The number of nitrogens with one attached hydrogen (secondary N) is 1. The van der Waals surface area contributed by atoms with Crippen LogP contribution in [0.25, 0.3) is 0 Å². The summed E-state index contributed by atoms with van der Waals surface area (Å²) in [5, 5.41) is 2.61. The molecule has 1 amide bonds. The van der Waals surface area contributed by atoms with Crippen LogP contribution in [0.2, 0.25) is 5.02 Å². The second-order valence-corrected chi connectivity index (χ2v) is 7.70. The quantitative estimate of drug-likeness (QED) is 0.774. The van der Waals surface area contributed by atoms with Crippen LogP contribution < -0.4 is 10.2 Å². The Bertz CT molecular complexity index is 951. The summed E-state index contributed by atoms with van der Waals surface area (Å²) >= 11 is 5.53. The van der Waals surface area contributed by atoms with Gasteiger partial charge in [-0.25, -0.2) is 8.78 Å². The van der Waals surface area contributed by atoms with Crippen molar-refractivity contribution in [3.63, 3.8) is 0 Å². The Kier molecular flexibility index (Phi) is 5.41. The van der Waals surface area contributed by atoms with Gasteiger partial charge in [0.05, 0.1) is 6.54 Å². The van der Waals surface area contributed by atoms with Gasteiger partial charge in [-0.3, -0.25) is 9.59 Å². The smallest absolute Gasteiger partial charge is 0.241 e. The third-order valence-corrected chi connectivity index (χ3v) is 5.75. The number of carbonyl (C=O) groups is 2. The first-order valence-electron chi connectivity index (χ1n) is 9.45. The number of ketones is 1. The lowest BCUT2D eigenvalue weighted by Crippen LogP contribution is -2.50. The lowest BCUT2D eigenvalue weighted by Gasteiger charge is -2.36. The molecular formula is C21H20ClF2N3O2. The van der Waals surface area contributed by atoms with Crippen molar-refractivity contribution in [1.82, 2.24) is 4.90 Å². The SMILES string of the molecule is O=C1Cc2ccc(NCC(=O)N3CCN(c4cc(F)c(Cl)c(F)c4)CC3)cc2C1. The van der Waals surface area contributed by atoms with E-state index in [0.717, 1.165) is 16.8 Å². The van der Waals surface area contributed by atoms with E-state index in [4.69, 9.17) is 11.6 Å². The lowest BCUT2D eigenvalue weighted by molar-refractivity contribution is -0.129. The van der Waals surface area contributed by atoms with E-state index in [1.165, 1.54) is 12.1 Å². The second-order valence-electron chi connectivity index (χ2n) is 7.32. The van der Waals surface area contributed by atoms with E-state index in [2.05, 4.69) is 5.32 Å². The molecule has 2 aromatic rings. The van der Waals surface area contributed by atoms with E-state index in [1.807, 2.05) is 23.1 Å². The number of Topliss-reactive ketones (excluding diaryl/α,β-unsaturated/α-hetero) is 1. The predicted octanol–water partition coefficient (Wildman–Crippen LogP) is 3.05. The summed E-state index contributed by atoms with van der Waals surface area (Å²) in [7, 11) is 0. The molecule has 1 N–H and O–H groups in total. The maximum Gasteiger partial charge on any atom is 0.241 e. The summed E-state index contributed by atoms with van der Waals surface area (Å²) < 4.78 is 27.4. The van der Waals surface area contributed by atoms with Crippen molar-refractivity contribution >= 4 is 34.7 Å². The highest BCUT2D eigenvalue weighted by Gasteiger charge is 2.23. The summed E-state index contributed by atoms with van der Waals surface area (Å²) in [6.45, 7) is 2.04. The van der Waals surface area contributed by atoms with Crippen LogP contribution in [-0.4, -0.2) is 49.3 Å². The molecule has 0 radical (unpaired) electrons. The number of fused-ring (bicyclic) bond motifs is 1. The molecule has 0 spiro atoms. The van der Waals surface area contributed by atoms with Gasteiger partial charge in [0.25, 0.3) is 0 Å². The van der Waals surface area contributed by atoms with Crippen molar-refractivity contribution < 1.29 is 18.4 Å². The number of hydrogen-bond donors (Lipinski definition) is 1. The van der Waals surface area contributed by atoms with Crippen LogP contribution in [0.4, 0.5) is 20.2 Å².